The number of aliphatic imine (C=N–C) groups is 1. The number of ether oxygens (including phenoxy) is 1. The number of halogens is 1. The summed E-state index contributed by atoms with van der Waals surface area (Å²) in [6.07, 6.45) is 1.41. The molecule has 1 aromatic rings. The first-order valence-corrected chi connectivity index (χ1v) is 9.58. The molecule has 0 aromatic heterocycles. The van der Waals surface area contributed by atoms with E-state index in [0.29, 0.717) is 18.9 Å². The van der Waals surface area contributed by atoms with Crippen molar-refractivity contribution in [2.75, 3.05) is 38.2 Å². The molecule has 27 heavy (non-hydrogen) atoms. The third kappa shape index (κ3) is 8.47. The van der Waals surface area contributed by atoms with E-state index in [9.17, 15) is 4.79 Å². The zero-order valence-electron chi connectivity index (χ0n) is 16.6. The Morgan fingerprint density at radius 3 is 2.85 bits per heavy atom. The van der Waals surface area contributed by atoms with E-state index in [-0.39, 0.29) is 35.8 Å². The monoisotopic (exact) mass is 488 g/mol. The van der Waals surface area contributed by atoms with Crippen LogP contribution in [-0.4, -0.2) is 44.7 Å². The summed E-state index contributed by atoms with van der Waals surface area (Å²) in [4.78, 5) is 16.6. The number of carbonyl (C=O) groups excluding carboxylic acids is 1. The van der Waals surface area contributed by atoms with Crippen molar-refractivity contribution in [3.63, 3.8) is 0 Å². The van der Waals surface area contributed by atoms with Crippen LogP contribution in [0.3, 0.4) is 0 Å². The van der Waals surface area contributed by atoms with Crippen molar-refractivity contribution in [1.29, 1.82) is 0 Å². The zero-order valence-corrected chi connectivity index (χ0v) is 18.9. The van der Waals surface area contributed by atoms with Gasteiger partial charge in [0.15, 0.2) is 5.96 Å². The van der Waals surface area contributed by atoms with Gasteiger partial charge in [0, 0.05) is 44.3 Å². The highest BCUT2D eigenvalue weighted by Crippen LogP contribution is 2.31. The standard InChI is InChI=1S/C20H32N4O2.HI/c1-4-21-20(22-10-7-11-26-14-15(2)3)23-13-16-12-19(25)24-18-9-6-5-8-17(16)18;/h5-6,8-9,15-16H,4,7,10-14H2,1-3H3,(H,24,25)(H2,21,22,23);1H. The Labute approximate surface area is 179 Å². The summed E-state index contributed by atoms with van der Waals surface area (Å²) in [6.45, 7) is 10.1. The Hall–Kier alpha value is -1.35. The fourth-order valence-electron chi connectivity index (χ4n) is 2.91. The second-order valence-electron chi connectivity index (χ2n) is 7.01. The maximum Gasteiger partial charge on any atom is 0.225 e. The van der Waals surface area contributed by atoms with E-state index in [2.05, 4.69) is 35.9 Å². The number of fused-ring (bicyclic) bond motifs is 1. The molecule has 3 N–H and O–H groups in total. The third-order valence-corrected chi connectivity index (χ3v) is 4.13. The molecule has 1 aliphatic rings. The maximum absolute atomic E-state index is 11.9. The van der Waals surface area contributed by atoms with Crippen molar-refractivity contribution in [3.8, 4) is 0 Å². The predicted molar refractivity (Wildman–Crippen MR) is 122 cm³/mol. The Bertz CT molecular complexity index is 607. The molecular formula is C20H33IN4O2. The van der Waals surface area contributed by atoms with E-state index in [1.165, 1.54) is 0 Å². The minimum absolute atomic E-state index is 0. The number of carbonyl (C=O) groups is 1. The molecule has 0 saturated carbocycles. The maximum atomic E-state index is 11.9. The average molecular weight is 488 g/mol. The minimum Gasteiger partial charge on any atom is -0.381 e. The Morgan fingerprint density at radius 2 is 2.11 bits per heavy atom. The van der Waals surface area contributed by atoms with Gasteiger partial charge in [0.25, 0.3) is 0 Å². The molecule has 6 nitrogen and oxygen atoms in total. The van der Waals surface area contributed by atoms with Gasteiger partial charge in [0.1, 0.15) is 0 Å². The normalized spacial score (nSPS) is 16.4. The van der Waals surface area contributed by atoms with E-state index >= 15 is 0 Å². The number of hydrogen-bond acceptors (Lipinski definition) is 3. The molecular weight excluding hydrogens is 455 g/mol. The van der Waals surface area contributed by atoms with Crippen molar-refractivity contribution < 1.29 is 9.53 Å². The van der Waals surface area contributed by atoms with Gasteiger partial charge in [-0.25, -0.2) is 0 Å². The van der Waals surface area contributed by atoms with Crippen molar-refractivity contribution >= 4 is 41.5 Å². The van der Waals surface area contributed by atoms with E-state index < -0.39 is 0 Å². The molecule has 0 saturated heterocycles. The zero-order chi connectivity index (χ0) is 18.8. The lowest BCUT2D eigenvalue weighted by atomic mass is 9.91. The van der Waals surface area contributed by atoms with Crippen LogP contribution < -0.4 is 16.0 Å². The van der Waals surface area contributed by atoms with Gasteiger partial charge in [0.2, 0.25) is 5.91 Å². The lowest BCUT2D eigenvalue weighted by molar-refractivity contribution is -0.116. The van der Waals surface area contributed by atoms with Crippen LogP contribution in [0.2, 0.25) is 0 Å². The van der Waals surface area contributed by atoms with Gasteiger partial charge in [-0.1, -0.05) is 32.0 Å². The van der Waals surface area contributed by atoms with E-state index in [4.69, 9.17) is 9.73 Å². The fraction of sp³-hybridized carbons (Fsp3) is 0.600. The number of hydrogen-bond donors (Lipinski definition) is 3. The molecule has 1 unspecified atom stereocenters. The van der Waals surface area contributed by atoms with Crippen LogP contribution >= 0.6 is 24.0 Å². The Kier molecular flexibility index (Phi) is 11.3. The first-order valence-electron chi connectivity index (χ1n) is 9.58. The van der Waals surface area contributed by atoms with Gasteiger partial charge in [-0.05, 0) is 30.9 Å². The summed E-state index contributed by atoms with van der Waals surface area (Å²) in [7, 11) is 0. The van der Waals surface area contributed by atoms with Gasteiger partial charge in [-0.3, -0.25) is 9.79 Å². The van der Waals surface area contributed by atoms with E-state index in [1.807, 2.05) is 25.1 Å². The molecule has 1 aromatic carbocycles. The first kappa shape index (κ1) is 23.7. The summed E-state index contributed by atoms with van der Waals surface area (Å²) < 4.78 is 5.60. The molecule has 1 amide bonds. The SMILES string of the molecule is CCNC(=NCC1CC(=O)Nc2ccccc21)NCCCOCC(C)C.I. The van der Waals surface area contributed by atoms with Gasteiger partial charge < -0.3 is 20.7 Å². The van der Waals surface area contributed by atoms with Crippen LogP contribution in [0.5, 0.6) is 0 Å². The second-order valence-corrected chi connectivity index (χ2v) is 7.01. The van der Waals surface area contributed by atoms with Gasteiger partial charge in [-0.15, -0.1) is 24.0 Å². The molecule has 0 fully saturated rings. The number of rotatable bonds is 9. The number of amides is 1. The number of para-hydroxylation sites is 1. The molecule has 0 spiro atoms. The molecule has 0 radical (unpaired) electrons. The van der Waals surface area contributed by atoms with Crippen LogP contribution in [0.15, 0.2) is 29.3 Å². The second kappa shape index (κ2) is 12.9. The van der Waals surface area contributed by atoms with Crippen LogP contribution in [0.4, 0.5) is 5.69 Å². The number of anilines is 1. The summed E-state index contributed by atoms with van der Waals surface area (Å²) in [5, 5.41) is 9.54. The molecule has 2 rings (SSSR count). The molecule has 1 atom stereocenters. The molecule has 1 aliphatic heterocycles. The molecule has 0 bridgehead atoms. The van der Waals surface area contributed by atoms with Crippen LogP contribution in [0, 0.1) is 5.92 Å². The Balaban J connectivity index is 0.00000364. The largest absolute Gasteiger partial charge is 0.381 e. The van der Waals surface area contributed by atoms with Gasteiger partial charge in [0.05, 0.1) is 6.54 Å². The fourth-order valence-corrected chi connectivity index (χ4v) is 2.91. The predicted octanol–water partition coefficient (Wildman–Crippen LogP) is 3.35. The van der Waals surface area contributed by atoms with Crippen molar-refractivity contribution in [3.05, 3.63) is 29.8 Å². The van der Waals surface area contributed by atoms with Crippen molar-refractivity contribution in [2.24, 2.45) is 10.9 Å². The van der Waals surface area contributed by atoms with Crippen molar-refractivity contribution in [1.82, 2.24) is 10.6 Å². The van der Waals surface area contributed by atoms with Crippen molar-refractivity contribution in [2.45, 2.75) is 39.5 Å². The highest BCUT2D eigenvalue weighted by atomic mass is 127. The minimum atomic E-state index is 0. The number of nitrogens with one attached hydrogen (secondary N) is 3. The topological polar surface area (TPSA) is 74.8 Å². The number of guanidine groups is 1. The van der Waals surface area contributed by atoms with Gasteiger partial charge >= 0.3 is 0 Å². The first-order chi connectivity index (χ1) is 12.6. The molecule has 0 aliphatic carbocycles. The van der Waals surface area contributed by atoms with E-state index in [0.717, 1.165) is 49.9 Å². The quantitative estimate of drug-likeness (QED) is 0.216. The lowest BCUT2D eigenvalue weighted by Gasteiger charge is -2.24. The highest BCUT2D eigenvalue weighted by molar-refractivity contribution is 14.0. The lowest BCUT2D eigenvalue weighted by Crippen LogP contribution is -2.38. The highest BCUT2D eigenvalue weighted by Gasteiger charge is 2.24. The molecule has 1 heterocycles. The van der Waals surface area contributed by atoms with Crippen LogP contribution in [-0.2, 0) is 9.53 Å². The number of benzene rings is 1. The average Bonchev–Trinajstić information content (AvgIpc) is 2.61. The third-order valence-electron chi connectivity index (χ3n) is 4.13. The van der Waals surface area contributed by atoms with Gasteiger partial charge in [-0.2, -0.15) is 0 Å². The van der Waals surface area contributed by atoms with Crippen LogP contribution in [0.1, 0.15) is 45.1 Å². The Morgan fingerprint density at radius 1 is 1.33 bits per heavy atom. The van der Waals surface area contributed by atoms with E-state index in [1.54, 1.807) is 0 Å². The number of nitrogens with zero attached hydrogens (tertiary/aromatic N) is 1. The summed E-state index contributed by atoms with van der Waals surface area (Å²) in [6, 6.07) is 7.97. The summed E-state index contributed by atoms with van der Waals surface area (Å²) in [5.41, 5.74) is 2.07. The smallest absolute Gasteiger partial charge is 0.225 e. The van der Waals surface area contributed by atoms with Crippen LogP contribution in [0.25, 0.3) is 0 Å². The summed E-state index contributed by atoms with van der Waals surface area (Å²) >= 11 is 0. The summed E-state index contributed by atoms with van der Waals surface area (Å²) in [5.74, 6) is 1.53. The molecule has 152 valence electrons. The molecule has 7 heteroatoms.